The minimum atomic E-state index is -4.42. The predicted octanol–water partition coefficient (Wildman–Crippen LogP) is 3.66. The van der Waals surface area contributed by atoms with Crippen molar-refractivity contribution in [3.63, 3.8) is 0 Å². The molecule has 0 unspecified atom stereocenters. The molecule has 1 amide bonds. The first-order chi connectivity index (χ1) is 14.7. The number of aromatic nitrogens is 2. The van der Waals surface area contributed by atoms with Gasteiger partial charge >= 0.3 is 6.18 Å². The van der Waals surface area contributed by atoms with Crippen LogP contribution in [0.2, 0.25) is 0 Å². The predicted molar refractivity (Wildman–Crippen MR) is 107 cm³/mol. The third-order valence-electron chi connectivity index (χ3n) is 6.11. The quantitative estimate of drug-likeness (QED) is 0.733. The third kappa shape index (κ3) is 4.62. The molecule has 0 bridgehead atoms. The van der Waals surface area contributed by atoms with Crippen molar-refractivity contribution in [2.24, 2.45) is 5.92 Å². The van der Waals surface area contributed by atoms with Crippen LogP contribution in [0.5, 0.6) is 0 Å². The van der Waals surface area contributed by atoms with Crippen LogP contribution >= 0.6 is 0 Å². The zero-order valence-corrected chi connectivity index (χ0v) is 17.6. The molecule has 2 fully saturated rings. The molecule has 1 aromatic carbocycles. The van der Waals surface area contributed by atoms with Crippen molar-refractivity contribution in [2.75, 3.05) is 26.3 Å². The first-order valence-electron chi connectivity index (χ1n) is 10.5. The van der Waals surface area contributed by atoms with Crippen LogP contribution in [0.3, 0.4) is 0 Å². The van der Waals surface area contributed by atoms with Crippen molar-refractivity contribution in [2.45, 2.75) is 45.6 Å². The highest BCUT2D eigenvalue weighted by Gasteiger charge is 2.33. The Morgan fingerprint density at radius 2 is 1.84 bits per heavy atom. The van der Waals surface area contributed by atoms with E-state index < -0.39 is 11.7 Å². The van der Waals surface area contributed by atoms with E-state index in [0.717, 1.165) is 30.5 Å². The molecule has 4 rings (SSSR count). The van der Waals surface area contributed by atoms with Crippen molar-refractivity contribution in [1.82, 2.24) is 14.7 Å². The molecule has 0 saturated carbocycles. The topological polar surface area (TPSA) is 56.6 Å². The molecule has 9 heteroatoms. The molecule has 0 atom stereocenters. The molecule has 0 aliphatic carbocycles. The Kier molecular flexibility index (Phi) is 6.07. The van der Waals surface area contributed by atoms with Crippen LogP contribution in [0.25, 0.3) is 5.69 Å². The van der Waals surface area contributed by atoms with E-state index in [1.807, 2.05) is 4.90 Å². The summed E-state index contributed by atoms with van der Waals surface area (Å²) in [7, 11) is 0. The van der Waals surface area contributed by atoms with E-state index >= 15 is 0 Å². The van der Waals surface area contributed by atoms with Crippen LogP contribution in [0.15, 0.2) is 24.3 Å². The first kappa shape index (κ1) is 21.8. The van der Waals surface area contributed by atoms with Gasteiger partial charge in [0.15, 0.2) is 6.29 Å². The maximum Gasteiger partial charge on any atom is 0.416 e. The molecule has 2 aliphatic rings. The SMILES string of the molecule is Cc1nn(-c2cccc(C(F)(F)F)c2)c(C)c1CC(=O)N1CCC(C2OCCO2)CC1. The molecule has 0 N–H and O–H groups in total. The highest BCUT2D eigenvalue weighted by Crippen LogP contribution is 2.31. The number of halogens is 3. The van der Waals surface area contributed by atoms with Gasteiger partial charge in [0.1, 0.15) is 0 Å². The number of likely N-dealkylation sites (tertiary alicyclic amines) is 1. The normalized spacial score (nSPS) is 18.7. The standard InChI is InChI=1S/C22H26F3N3O3/c1-14-19(13-20(29)27-8-6-16(7-9-27)21-30-10-11-31-21)15(2)28(26-14)18-5-3-4-17(12-18)22(23,24)25/h3-5,12,16,21H,6-11,13H2,1-2H3. The van der Waals surface area contributed by atoms with Crippen molar-refractivity contribution in [1.29, 1.82) is 0 Å². The van der Waals surface area contributed by atoms with Crippen LogP contribution in [-0.4, -0.2) is 53.2 Å². The molecular weight excluding hydrogens is 411 g/mol. The Balaban J connectivity index is 1.45. The Bertz CT molecular complexity index is 943. The number of ether oxygens (including phenoxy) is 2. The van der Waals surface area contributed by atoms with Crippen LogP contribution in [0, 0.1) is 19.8 Å². The number of amides is 1. The van der Waals surface area contributed by atoms with Gasteiger partial charge in [-0.2, -0.15) is 18.3 Å². The number of aryl methyl sites for hydroxylation is 1. The lowest BCUT2D eigenvalue weighted by Gasteiger charge is -2.34. The van der Waals surface area contributed by atoms with E-state index in [-0.39, 0.29) is 18.6 Å². The van der Waals surface area contributed by atoms with Crippen molar-refractivity contribution in [3.05, 3.63) is 46.8 Å². The fraction of sp³-hybridized carbons (Fsp3) is 0.545. The molecule has 2 saturated heterocycles. The Labute approximate surface area is 178 Å². The average molecular weight is 437 g/mol. The van der Waals surface area contributed by atoms with Gasteiger partial charge in [-0.05, 0) is 44.9 Å². The van der Waals surface area contributed by atoms with Gasteiger partial charge in [-0.3, -0.25) is 4.79 Å². The minimum Gasteiger partial charge on any atom is -0.350 e. The molecular formula is C22H26F3N3O3. The van der Waals surface area contributed by atoms with Crippen LogP contribution in [0.1, 0.15) is 35.4 Å². The zero-order valence-electron chi connectivity index (χ0n) is 17.6. The lowest BCUT2D eigenvalue weighted by atomic mass is 9.95. The minimum absolute atomic E-state index is 0.00139. The van der Waals surface area contributed by atoms with Gasteiger partial charge in [-0.15, -0.1) is 0 Å². The Morgan fingerprint density at radius 1 is 1.16 bits per heavy atom. The fourth-order valence-electron chi connectivity index (χ4n) is 4.33. The number of rotatable bonds is 4. The first-order valence-corrected chi connectivity index (χ1v) is 10.5. The molecule has 1 aromatic heterocycles. The number of carbonyl (C=O) groups is 1. The second-order valence-corrected chi connectivity index (χ2v) is 8.11. The summed E-state index contributed by atoms with van der Waals surface area (Å²) < 4.78 is 51.9. The molecule has 6 nitrogen and oxygen atoms in total. The van der Waals surface area contributed by atoms with Gasteiger partial charge in [0.2, 0.25) is 5.91 Å². The van der Waals surface area contributed by atoms with E-state index in [2.05, 4.69) is 5.10 Å². The van der Waals surface area contributed by atoms with Gasteiger partial charge < -0.3 is 14.4 Å². The number of hydrogen-bond acceptors (Lipinski definition) is 4. The second-order valence-electron chi connectivity index (χ2n) is 8.11. The summed E-state index contributed by atoms with van der Waals surface area (Å²) in [5.41, 5.74) is 1.67. The summed E-state index contributed by atoms with van der Waals surface area (Å²) in [4.78, 5) is 14.7. The Morgan fingerprint density at radius 3 is 2.48 bits per heavy atom. The van der Waals surface area contributed by atoms with Crippen molar-refractivity contribution >= 4 is 5.91 Å². The lowest BCUT2D eigenvalue weighted by molar-refractivity contribution is -0.137. The number of piperidine rings is 1. The number of hydrogen-bond donors (Lipinski definition) is 0. The molecule has 2 aromatic rings. The smallest absolute Gasteiger partial charge is 0.350 e. The maximum absolute atomic E-state index is 13.1. The largest absolute Gasteiger partial charge is 0.416 e. The summed E-state index contributed by atoms with van der Waals surface area (Å²) in [6.45, 7) is 6.10. The summed E-state index contributed by atoms with van der Waals surface area (Å²) in [6.07, 6.45) is -2.74. The van der Waals surface area contributed by atoms with E-state index in [9.17, 15) is 18.0 Å². The molecule has 3 heterocycles. The second kappa shape index (κ2) is 8.63. The fourth-order valence-corrected chi connectivity index (χ4v) is 4.33. The highest BCUT2D eigenvalue weighted by atomic mass is 19.4. The van der Waals surface area contributed by atoms with Gasteiger partial charge in [-0.25, -0.2) is 4.68 Å². The summed E-state index contributed by atoms with van der Waals surface area (Å²) in [5, 5.41) is 4.41. The highest BCUT2D eigenvalue weighted by molar-refractivity contribution is 5.79. The van der Waals surface area contributed by atoms with E-state index in [0.29, 0.717) is 49.3 Å². The molecule has 31 heavy (non-hydrogen) atoms. The average Bonchev–Trinajstić information content (AvgIpc) is 3.38. The van der Waals surface area contributed by atoms with Gasteiger partial charge in [-0.1, -0.05) is 6.07 Å². The Hall–Kier alpha value is -2.39. The van der Waals surface area contributed by atoms with Crippen LogP contribution in [-0.2, 0) is 26.9 Å². The number of benzene rings is 1. The van der Waals surface area contributed by atoms with Gasteiger partial charge in [0.25, 0.3) is 0 Å². The van der Waals surface area contributed by atoms with E-state index in [1.165, 1.54) is 10.7 Å². The molecule has 0 radical (unpaired) electrons. The third-order valence-corrected chi connectivity index (χ3v) is 6.11. The molecule has 2 aliphatic heterocycles. The number of alkyl halides is 3. The monoisotopic (exact) mass is 437 g/mol. The van der Waals surface area contributed by atoms with Crippen molar-refractivity contribution in [3.8, 4) is 5.69 Å². The van der Waals surface area contributed by atoms with E-state index in [4.69, 9.17) is 9.47 Å². The number of nitrogens with zero attached hydrogens (tertiary/aromatic N) is 3. The summed E-state index contributed by atoms with van der Waals surface area (Å²) in [5.74, 6) is 0.306. The van der Waals surface area contributed by atoms with Crippen LogP contribution in [0.4, 0.5) is 13.2 Å². The van der Waals surface area contributed by atoms with Crippen LogP contribution < -0.4 is 0 Å². The van der Waals surface area contributed by atoms with E-state index in [1.54, 1.807) is 19.9 Å². The van der Waals surface area contributed by atoms with Gasteiger partial charge in [0, 0.05) is 30.3 Å². The zero-order chi connectivity index (χ0) is 22.2. The van der Waals surface area contributed by atoms with Crippen molar-refractivity contribution < 1.29 is 27.4 Å². The summed E-state index contributed by atoms with van der Waals surface area (Å²) >= 11 is 0. The molecule has 0 spiro atoms. The lowest BCUT2D eigenvalue weighted by Crippen LogP contribution is -2.42. The number of carbonyl (C=O) groups excluding carboxylic acids is 1. The molecule has 168 valence electrons. The maximum atomic E-state index is 13.1. The summed E-state index contributed by atoms with van der Waals surface area (Å²) in [6, 6.07) is 5.05. The van der Waals surface area contributed by atoms with Gasteiger partial charge in [0.05, 0.1) is 36.6 Å².